The molecule has 3 heteroatoms. The smallest absolute Gasteiger partial charge is 0.263 e. The third-order valence-corrected chi connectivity index (χ3v) is 1.06. The first-order chi connectivity index (χ1) is 4.34. The van der Waals surface area contributed by atoms with Crippen molar-refractivity contribution < 1.29 is 14.8 Å². The fourth-order valence-electron chi connectivity index (χ4n) is 0.547. The van der Waals surface area contributed by atoms with Gasteiger partial charge in [0.2, 0.25) is 0 Å². The molecule has 0 aliphatic rings. The van der Waals surface area contributed by atoms with Crippen molar-refractivity contribution in [1.82, 2.24) is 0 Å². The Bertz CT molecular complexity index is 201. The first-order valence-corrected chi connectivity index (χ1v) is 2.62. The highest BCUT2D eigenvalue weighted by molar-refractivity contribution is 5.91. The highest BCUT2D eigenvalue weighted by Gasteiger charge is 2.03. The summed E-state index contributed by atoms with van der Waals surface area (Å²) in [4.78, 5) is 0. The third kappa shape index (κ3) is 1.10. The molecule has 1 rings (SSSR count). The molecule has 1 aromatic heterocycles. The molecule has 0 atom stereocenters. The van der Waals surface area contributed by atoms with E-state index in [0.717, 1.165) is 0 Å². The summed E-state index contributed by atoms with van der Waals surface area (Å²) in [6, 6.07) is 3.52. The quantitative estimate of drug-likeness (QED) is 0.304. The van der Waals surface area contributed by atoms with E-state index in [1.807, 2.05) is 5.16 Å². The van der Waals surface area contributed by atoms with E-state index in [0.29, 0.717) is 11.5 Å². The predicted octanol–water partition coefficient (Wildman–Crippen LogP) is -0.442. The molecule has 0 aliphatic heterocycles. The zero-order valence-electron chi connectivity index (χ0n) is 5.09. The lowest BCUT2D eigenvalue weighted by molar-refractivity contribution is -0.737. The minimum absolute atomic E-state index is 0.611. The number of furan rings is 1. The van der Waals surface area contributed by atoms with E-state index in [9.17, 15) is 0 Å². The van der Waals surface area contributed by atoms with E-state index in [-0.39, 0.29) is 0 Å². The van der Waals surface area contributed by atoms with Crippen LogP contribution in [0.4, 0.5) is 0 Å². The van der Waals surface area contributed by atoms with Crippen molar-refractivity contribution in [2.75, 3.05) is 0 Å². The van der Waals surface area contributed by atoms with Crippen molar-refractivity contribution in [2.45, 2.75) is 6.92 Å². The Hall–Kier alpha value is -1.25. The van der Waals surface area contributed by atoms with Crippen LogP contribution in [0.25, 0.3) is 0 Å². The molecule has 0 radical (unpaired) electrons. The Morgan fingerprint density at radius 3 is 3.00 bits per heavy atom. The molecule has 0 fully saturated rings. The normalized spacial score (nSPS) is 11.9. The summed E-state index contributed by atoms with van der Waals surface area (Å²) < 4.78 is 4.93. The van der Waals surface area contributed by atoms with Crippen LogP contribution in [0.2, 0.25) is 0 Å². The van der Waals surface area contributed by atoms with Crippen molar-refractivity contribution >= 4 is 5.71 Å². The molecule has 0 saturated carbocycles. The fraction of sp³-hybridized carbons (Fsp3) is 0.167. The molecule has 0 saturated heterocycles. The largest absolute Gasteiger partial charge is 0.458 e. The van der Waals surface area contributed by atoms with E-state index in [1.165, 1.54) is 0 Å². The van der Waals surface area contributed by atoms with Gasteiger partial charge in [-0.1, -0.05) is 0 Å². The second-order valence-corrected chi connectivity index (χ2v) is 1.71. The number of hydrogen-bond acceptors (Lipinski definition) is 2. The molecule has 48 valence electrons. The van der Waals surface area contributed by atoms with Crippen LogP contribution in [0.5, 0.6) is 0 Å². The van der Waals surface area contributed by atoms with Crippen LogP contribution in [0.3, 0.4) is 0 Å². The van der Waals surface area contributed by atoms with Gasteiger partial charge < -0.3 is 4.42 Å². The van der Waals surface area contributed by atoms with Gasteiger partial charge in [-0.15, -0.1) is 0 Å². The second-order valence-electron chi connectivity index (χ2n) is 1.71. The predicted molar refractivity (Wildman–Crippen MR) is 31.2 cm³/mol. The monoisotopic (exact) mass is 126 g/mol. The van der Waals surface area contributed by atoms with Crippen molar-refractivity contribution in [2.24, 2.45) is 0 Å². The lowest BCUT2D eigenvalue weighted by Crippen LogP contribution is -2.68. The second kappa shape index (κ2) is 2.35. The minimum Gasteiger partial charge on any atom is -0.458 e. The SMILES string of the molecule is C/C(=[NH+]/O)c1ccco1. The van der Waals surface area contributed by atoms with Gasteiger partial charge in [0.05, 0.1) is 6.26 Å². The lowest BCUT2D eigenvalue weighted by atomic mass is 10.3. The standard InChI is InChI=1S/C6H7NO2/c1-5(7-8)6-3-2-4-9-6/h2-4,8H,1H3/p+1/b7-5-. The molecule has 0 amide bonds. The van der Waals surface area contributed by atoms with Crippen LogP contribution in [0.1, 0.15) is 12.7 Å². The summed E-state index contributed by atoms with van der Waals surface area (Å²) in [5.41, 5.74) is 0.611. The maximum absolute atomic E-state index is 8.36. The van der Waals surface area contributed by atoms with E-state index in [4.69, 9.17) is 9.62 Å². The van der Waals surface area contributed by atoms with Crippen LogP contribution in [0, 0.1) is 0 Å². The zero-order valence-corrected chi connectivity index (χ0v) is 5.09. The summed E-state index contributed by atoms with van der Waals surface area (Å²) >= 11 is 0. The summed E-state index contributed by atoms with van der Waals surface area (Å²) in [7, 11) is 0. The molecule has 0 aromatic carbocycles. The van der Waals surface area contributed by atoms with Gasteiger partial charge in [-0.3, -0.25) is 5.21 Å². The Morgan fingerprint density at radius 2 is 2.56 bits per heavy atom. The van der Waals surface area contributed by atoms with Gasteiger partial charge in [-0.25, -0.2) is 0 Å². The van der Waals surface area contributed by atoms with Crippen LogP contribution in [0.15, 0.2) is 22.8 Å². The van der Waals surface area contributed by atoms with Gasteiger partial charge in [0.15, 0.2) is 5.76 Å². The molecule has 0 spiro atoms. The van der Waals surface area contributed by atoms with Crippen molar-refractivity contribution in [3.63, 3.8) is 0 Å². The van der Waals surface area contributed by atoms with Crippen LogP contribution in [-0.2, 0) is 0 Å². The number of rotatable bonds is 1. The van der Waals surface area contributed by atoms with E-state index in [2.05, 4.69) is 0 Å². The highest BCUT2D eigenvalue weighted by atomic mass is 16.4. The Morgan fingerprint density at radius 1 is 1.78 bits per heavy atom. The van der Waals surface area contributed by atoms with Crippen molar-refractivity contribution in [3.8, 4) is 0 Å². The zero-order chi connectivity index (χ0) is 6.69. The molecular formula is C6H8NO2+. The lowest BCUT2D eigenvalue weighted by Gasteiger charge is -1.80. The van der Waals surface area contributed by atoms with Gasteiger partial charge in [0.25, 0.3) is 5.71 Å². The van der Waals surface area contributed by atoms with E-state index >= 15 is 0 Å². The third-order valence-electron chi connectivity index (χ3n) is 1.06. The number of hydrogen-bond donors (Lipinski definition) is 2. The summed E-state index contributed by atoms with van der Waals surface area (Å²) in [6.45, 7) is 1.72. The molecule has 3 nitrogen and oxygen atoms in total. The first kappa shape index (κ1) is 5.88. The van der Waals surface area contributed by atoms with Gasteiger partial charge in [0.1, 0.15) is 0 Å². The summed E-state index contributed by atoms with van der Waals surface area (Å²) in [5, 5.41) is 10.3. The topological polar surface area (TPSA) is 47.3 Å². The molecule has 0 aliphatic carbocycles. The van der Waals surface area contributed by atoms with Crippen molar-refractivity contribution in [1.29, 1.82) is 0 Å². The molecule has 1 heterocycles. The Kier molecular flexibility index (Phi) is 1.53. The first-order valence-electron chi connectivity index (χ1n) is 2.62. The van der Waals surface area contributed by atoms with Gasteiger partial charge in [-0.2, -0.15) is 0 Å². The molecule has 1 aromatic rings. The molecular weight excluding hydrogens is 118 g/mol. The van der Waals surface area contributed by atoms with Gasteiger partial charge in [-0.05, 0) is 17.3 Å². The molecule has 0 bridgehead atoms. The van der Waals surface area contributed by atoms with Crippen LogP contribution in [-0.4, -0.2) is 10.9 Å². The van der Waals surface area contributed by atoms with E-state index in [1.54, 1.807) is 25.3 Å². The highest BCUT2D eigenvalue weighted by Crippen LogP contribution is 1.97. The maximum Gasteiger partial charge on any atom is 0.263 e. The van der Waals surface area contributed by atoms with Gasteiger partial charge in [0, 0.05) is 6.92 Å². The average molecular weight is 126 g/mol. The van der Waals surface area contributed by atoms with Crippen molar-refractivity contribution in [3.05, 3.63) is 24.2 Å². The summed E-state index contributed by atoms with van der Waals surface area (Å²) in [5.74, 6) is 0.650. The minimum atomic E-state index is 0.611. The van der Waals surface area contributed by atoms with Crippen LogP contribution < -0.4 is 5.16 Å². The Balaban J connectivity index is 2.90. The van der Waals surface area contributed by atoms with E-state index < -0.39 is 0 Å². The number of nitrogens with one attached hydrogen (secondary N) is 1. The molecule has 9 heavy (non-hydrogen) atoms. The molecule has 0 unspecified atom stereocenters. The maximum atomic E-state index is 8.36. The fourth-order valence-corrected chi connectivity index (χ4v) is 0.547. The summed E-state index contributed by atoms with van der Waals surface area (Å²) in [6.07, 6.45) is 1.55. The Labute approximate surface area is 52.6 Å². The van der Waals surface area contributed by atoms with Gasteiger partial charge >= 0.3 is 0 Å². The average Bonchev–Trinajstić information content (AvgIpc) is 2.37. The molecule has 2 N–H and O–H groups in total. The van der Waals surface area contributed by atoms with Crippen LogP contribution >= 0.6 is 0 Å².